The first-order valence-electron chi connectivity index (χ1n) is 31.8. The standard InChI is InChI=1S/C32H52N2O4.C27H45NO2.C4H9NO/c1-20-7-12-32(37-19-20)21(2)28-27(38-32)18-26-24-6-5-22-17-23(33-29(35)34-13-15-36-16-14-34)8-10-30(22,3)25(24)9-11-31(26,28)4;1-16-7-12-27(29-15-16)17(2)24-23(30-27)14-22-20-6-5-18-13-19(28)8-10-25(18,3)21(20)9-11-26(22,24)4;1-3-6-4-2-5-1/h20-28H,5-19H2,1-4H3,(H,33,35);16-24H,5-15,28H2,1-4H3;5H,1-4H2/t20-,21-,22+,23+,24+,25-,26-,27-,28-,30-,31-,32+;16-,17-,18+,19+,20+,21-,22-,23-,24-,25-,26-,27+;/m00./s1. The fourth-order valence-electron chi connectivity index (χ4n) is 22.3. The normalized spacial score (nSPS) is 55.1. The number of morpholine rings is 2. The van der Waals surface area contributed by atoms with Gasteiger partial charge in [0.25, 0.3) is 0 Å². The molecule has 0 unspecified atom stereocenters. The van der Waals surface area contributed by atoms with Crippen LogP contribution in [0.4, 0.5) is 4.79 Å². The minimum Gasteiger partial charge on any atom is -0.379 e. The van der Waals surface area contributed by atoms with Crippen molar-refractivity contribution in [1.82, 2.24) is 15.5 Å². The first kappa shape index (κ1) is 53.6. The summed E-state index contributed by atoms with van der Waals surface area (Å²) in [7, 11) is 0. The lowest BCUT2D eigenvalue weighted by Crippen LogP contribution is -2.57. The van der Waals surface area contributed by atoms with Crippen molar-refractivity contribution in [3.05, 3.63) is 0 Å². The molecule has 0 bridgehead atoms. The molecular formula is C63H106N4O7. The van der Waals surface area contributed by atoms with Crippen LogP contribution < -0.4 is 16.4 Å². The van der Waals surface area contributed by atoms with Crippen molar-refractivity contribution >= 4 is 6.03 Å². The smallest absolute Gasteiger partial charge is 0.317 e. The third kappa shape index (κ3) is 8.95. The maximum atomic E-state index is 12.9. The molecule has 6 aliphatic heterocycles. The third-order valence-corrected chi connectivity index (χ3v) is 26.4. The molecule has 0 aromatic carbocycles. The molecule has 14 aliphatic rings. The number of hydrogen-bond donors (Lipinski definition) is 3. The zero-order valence-corrected chi connectivity index (χ0v) is 48.0. The van der Waals surface area contributed by atoms with Gasteiger partial charge in [0, 0.05) is 62.9 Å². The highest BCUT2D eigenvalue weighted by Crippen LogP contribution is 2.73. The fourth-order valence-corrected chi connectivity index (χ4v) is 22.3. The van der Waals surface area contributed by atoms with Crippen LogP contribution >= 0.6 is 0 Å². The summed E-state index contributed by atoms with van der Waals surface area (Å²) in [4.78, 5) is 14.8. The van der Waals surface area contributed by atoms with Crippen LogP contribution in [0.25, 0.3) is 0 Å². The number of hydrogen-bond acceptors (Lipinski definition) is 9. The molecule has 24 atom stereocenters. The van der Waals surface area contributed by atoms with Gasteiger partial charge in [-0.05, 0) is 208 Å². The van der Waals surface area contributed by atoms with E-state index in [0.29, 0.717) is 94.7 Å². The van der Waals surface area contributed by atoms with Gasteiger partial charge in [0.05, 0.1) is 51.8 Å². The Morgan fingerprint density at radius 2 is 1.03 bits per heavy atom. The summed E-state index contributed by atoms with van der Waals surface area (Å²) in [5, 5.41) is 6.58. The predicted molar refractivity (Wildman–Crippen MR) is 290 cm³/mol. The van der Waals surface area contributed by atoms with Gasteiger partial charge in [-0.2, -0.15) is 0 Å². The maximum absolute atomic E-state index is 12.9. The molecule has 0 aromatic rings. The van der Waals surface area contributed by atoms with Gasteiger partial charge in [-0.1, -0.05) is 55.4 Å². The molecule has 2 amide bonds. The Kier molecular flexibility index (Phi) is 14.8. The quantitative estimate of drug-likeness (QED) is 0.235. The Morgan fingerprint density at radius 1 is 0.541 bits per heavy atom. The van der Waals surface area contributed by atoms with Gasteiger partial charge in [-0.3, -0.25) is 0 Å². The van der Waals surface area contributed by atoms with Gasteiger partial charge >= 0.3 is 6.03 Å². The Labute approximate surface area is 448 Å². The topological polar surface area (TPSA) is 126 Å². The summed E-state index contributed by atoms with van der Waals surface area (Å²) >= 11 is 0. The van der Waals surface area contributed by atoms with Crippen molar-refractivity contribution in [3.63, 3.8) is 0 Å². The maximum Gasteiger partial charge on any atom is 0.317 e. The van der Waals surface area contributed by atoms with E-state index in [1.807, 2.05) is 4.90 Å². The number of nitrogens with two attached hydrogens (primary N) is 1. The number of nitrogens with one attached hydrogen (secondary N) is 2. The number of carbonyl (C=O) groups is 1. The van der Waals surface area contributed by atoms with Crippen LogP contribution in [0, 0.1) is 105 Å². The number of urea groups is 1. The molecule has 11 heteroatoms. The van der Waals surface area contributed by atoms with Crippen molar-refractivity contribution in [2.24, 2.45) is 110 Å². The lowest BCUT2D eigenvalue weighted by atomic mass is 9.44. The summed E-state index contributed by atoms with van der Waals surface area (Å²) in [5.74, 6) is 9.99. The molecular weight excluding hydrogens is 925 g/mol. The van der Waals surface area contributed by atoms with Crippen molar-refractivity contribution < 1.29 is 33.2 Å². The first-order chi connectivity index (χ1) is 35.5. The molecule has 14 rings (SSSR count). The number of amides is 2. The summed E-state index contributed by atoms with van der Waals surface area (Å²) in [6.45, 7) is 28.5. The number of rotatable bonds is 1. The van der Waals surface area contributed by atoms with Gasteiger partial charge in [-0.25, -0.2) is 4.79 Å². The Morgan fingerprint density at radius 3 is 1.50 bits per heavy atom. The van der Waals surface area contributed by atoms with Gasteiger partial charge in [0.2, 0.25) is 0 Å². The molecule has 6 saturated heterocycles. The summed E-state index contributed by atoms with van der Waals surface area (Å²) in [6.07, 6.45) is 26.7. The largest absolute Gasteiger partial charge is 0.379 e. The van der Waals surface area contributed by atoms with Crippen LogP contribution in [0.2, 0.25) is 0 Å². The van der Waals surface area contributed by atoms with E-state index in [2.05, 4.69) is 66.0 Å². The highest BCUT2D eigenvalue weighted by Gasteiger charge is 2.71. The Balaban J connectivity index is 0.000000138. The second-order valence-electron chi connectivity index (χ2n) is 29.8. The van der Waals surface area contributed by atoms with Gasteiger partial charge in [-0.15, -0.1) is 0 Å². The Bertz CT molecular complexity index is 1950. The second-order valence-corrected chi connectivity index (χ2v) is 29.8. The predicted octanol–water partition coefficient (Wildman–Crippen LogP) is 11.2. The lowest BCUT2D eigenvalue weighted by molar-refractivity contribution is -0.273. The average molecular weight is 1030 g/mol. The summed E-state index contributed by atoms with van der Waals surface area (Å²) in [5.41, 5.74) is 8.23. The van der Waals surface area contributed by atoms with Crippen molar-refractivity contribution in [1.29, 1.82) is 0 Å². The summed E-state index contributed by atoms with van der Waals surface area (Å²) in [6, 6.07) is 0.927. The molecule has 8 saturated carbocycles. The first-order valence-corrected chi connectivity index (χ1v) is 31.8. The number of fused-ring (bicyclic) bond motifs is 14. The zero-order valence-electron chi connectivity index (χ0n) is 48.0. The van der Waals surface area contributed by atoms with E-state index in [9.17, 15) is 4.79 Å². The second kappa shape index (κ2) is 20.5. The molecule has 14 fully saturated rings. The molecule has 420 valence electrons. The highest BCUT2D eigenvalue weighted by molar-refractivity contribution is 5.74. The fraction of sp³-hybridized carbons (Fsp3) is 0.984. The van der Waals surface area contributed by atoms with Crippen LogP contribution in [0.3, 0.4) is 0 Å². The van der Waals surface area contributed by atoms with Crippen molar-refractivity contribution in [2.75, 3.05) is 65.8 Å². The number of nitrogens with zero attached hydrogens (tertiary/aromatic N) is 1. The molecule has 4 N–H and O–H groups in total. The highest BCUT2D eigenvalue weighted by atomic mass is 16.7. The van der Waals surface area contributed by atoms with E-state index in [1.165, 1.54) is 109 Å². The van der Waals surface area contributed by atoms with E-state index in [-0.39, 0.29) is 17.6 Å². The van der Waals surface area contributed by atoms with E-state index >= 15 is 0 Å². The monoisotopic (exact) mass is 1030 g/mol. The molecule has 0 aromatic heterocycles. The number of carbonyl (C=O) groups excluding carboxylic acids is 1. The van der Waals surface area contributed by atoms with E-state index < -0.39 is 0 Å². The molecule has 74 heavy (non-hydrogen) atoms. The molecule has 6 heterocycles. The van der Waals surface area contributed by atoms with Crippen molar-refractivity contribution in [2.45, 2.75) is 220 Å². The van der Waals surface area contributed by atoms with Crippen molar-refractivity contribution in [3.8, 4) is 0 Å². The van der Waals surface area contributed by atoms with Crippen LogP contribution in [0.1, 0.15) is 184 Å². The minimum atomic E-state index is -0.305. The molecule has 8 aliphatic carbocycles. The lowest BCUT2D eigenvalue weighted by Gasteiger charge is -2.61. The van der Waals surface area contributed by atoms with Crippen LogP contribution in [0.5, 0.6) is 0 Å². The van der Waals surface area contributed by atoms with E-state index in [4.69, 9.17) is 34.2 Å². The molecule has 11 nitrogen and oxygen atoms in total. The van der Waals surface area contributed by atoms with E-state index in [0.717, 1.165) is 119 Å². The minimum absolute atomic E-state index is 0.129. The molecule has 0 radical (unpaired) electrons. The van der Waals surface area contributed by atoms with Crippen LogP contribution in [0.15, 0.2) is 0 Å². The van der Waals surface area contributed by atoms with E-state index in [1.54, 1.807) is 0 Å². The van der Waals surface area contributed by atoms with Gasteiger partial charge < -0.3 is 49.7 Å². The van der Waals surface area contributed by atoms with Crippen LogP contribution in [-0.2, 0) is 28.4 Å². The summed E-state index contributed by atoms with van der Waals surface area (Å²) < 4.78 is 37.3. The third-order valence-electron chi connectivity index (χ3n) is 26.4. The molecule has 2 spiro atoms. The average Bonchev–Trinajstić information content (AvgIpc) is 4.10. The Hall–Kier alpha value is -1.05. The van der Waals surface area contributed by atoms with Gasteiger partial charge in [0.15, 0.2) is 11.6 Å². The zero-order chi connectivity index (χ0) is 51.4. The SMILES string of the molecule is C1COCCN1.C[C@H]1CC[C@@]2(OC1)O[C@H]1C[C@H]3[C@@H]4CC[C@@H]5C[C@H](N)CC[C@]5(C)[C@H]4CC[C@]3(C)[C@H]1[C@@H]2C.C[C@H]1CC[C@@]2(OC1)O[C@H]1C[C@H]3[C@@H]4CC[C@@H]5C[C@H](NC(=O)N6CCOCC6)CC[C@]5(C)[C@H]4CC[C@]3(C)[C@H]1[C@@H]2C. The van der Waals surface area contributed by atoms with Gasteiger partial charge in [0.1, 0.15) is 0 Å². The number of ether oxygens (including phenoxy) is 6. The van der Waals surface area contributed by atoms with Crippen LogP contribution in [-0.4, -0.2) is 113 Å².